The van der Waals surface area contributed by atoms with Crippen LogP contribution in [0.3, 0.4) is 0 Å². The second-order valence-electron chi connectivity index (χ2n) is 3.76. The number of hydrogen-bond acceptors (Lipinski definition) is 1. The van der Waals surface area contributed by atoms with E-state index in [0.29, 0.717) is 10.6 Å². The van der Waals surface area contributed by atoms with Crippen molar-refractivity contribution in [1.29, 1.82) is 0 Å². The molecule has 0 amide bonds. The first kappa shape index (κ1) is 10.2. The van der Waals surface area contributed by atoms with Gasteiger partial charge in [0.2, 0.25) is 0 Å². The minimum Gasteiger partial charge on any atom is -0.321 e. The molecular formula is C10H10Cl2FN. The minimum atomic E-state index is -0.456. The van der Waals surface area contributed by atoms with Crippen LogP contribution in [0.15, 0.2) is 12.1 Å². The summed E-state index contributed by atoms with van der Waals surface area (Å²) in [5, 5.41) is 0.500. The van der Waals surface area contributed by atoms with Gasteiger partial charge in [-0.2, -0.15) is 0 Å². The maximum absolute atomic E-state index is 13.2. The van der Waals surface area contributed by atoms with Crippen LogP contribution >= 0.6 is 23.2 Å². The molecule has 0 saturated heterocycles. The third-order valence-corrected chi connectivity index (χ3v) is 3.39. The zero-order valence-electron chi connectivity index (χ0n) is 7.49. The normalized spacial score (nSPS) is 19.1. The molecule has 0 radical (unpaired) electrons. The van der Waals surface area contributed by atoms with Crippen molar-refractivity contribution >= 4 is 23.2 Å². The molecule has 2 rings (SSSR count). The Hall–Kier alpha value is -0.310. The highest BCUT2D eigenvalue weighted by atomic mass is 35.5. The lowest BCUT2D eigenvalue weighted by Gasteiger charge is -2.39. The van der Waals surface area contributed by atoms with Gasteiger partial charge in [-0.15, -0.1) is 0 Å². The average molecular weight is 234 g/mol. The Labute approximate surface area is 92.0 Å². The summed E-state index contributed by atoms with van der Waals surface area (Å²) in [5.74, 6) is -0.456. The van der Waals surface area contributed by atoms with Crippen molar-refractivity contribution in [3.63, 3.8) is 0 Å². The fourth-order valence-corrected chi connectivity index (χ4v) is 2.30. The number of hydrogen-bond donors (Lipinski definition) is 1. The van der Waals surface area contributed by atoms with Crippen LogP contribution in [0.4, 0.5) is 4.39 Å². The number of benzene rings is 1. The standard InChI is InChI=1S/C10H10Cl2FN/c11-7-5-8(12)9(13)4-6(7)10(14)2-1-3-10/h4-5H,1-3,14H2. The summed E-state index contributed by atoms with van der Waals surface area (Å²) in [6, 6.07) is 2.77. The molecule has 1 saturated carbocycles. The molecule has 2 N–H and O–H groups in total. The van der Waals surface area contributed by atoms with Crippen LogP contribution in [0.5, 0.6) is 0 Å². The van der Waals surface area contributed by atoms with Crippen LogP contribution in [-0.2, 0) is 5.54 Å². The second kappa shape index (κ2) is 3.37. The molecule has 0 bridgehead atoms. The Bertz CT molecular complexity index is 375. The third-order valence-electron chi connectivity index (χ3n) is 2.79. The van der Waals surface area contributed by atoms with Gasteiger partial charge in [0.1, 0.15) is 5.82 Å². The van der Waals surface area contributed by atoms with E-state index >= 15 is 0 Å². The van der Waals surface area contributed by atoms with E-state index in [9.17, 15) is 4.39 Å². The monoisotopic (exact) mass is 233 g/mol. The van der Waals surface area contributed by atoms with Gasteiger partial charge in [0, 0.05) is 10.6 Å². The number of nitrogens with two attached hydrogens (primary N) is 1. The Balaban J connectivity index is 2.48. The molecule has 76 valence electrons. The van der Waals surface area contributed by atoms with Gasteiger partial charge in [-0.25, -0.2) is 4.39 Å². The number of rotatable bonds is 1. The zero-order chi connectivity index (χ0) is 10.3. The predicted molar refractivity (Wildman–Crippen MR) is 56.1 cm³/mol. The molecule has 1 fully saturated rings. The van der Waals surface area contributed by atoms with Gasteiger partial charge >= 0.3 is 0 Å². The molecule has 0 unspecified atom stereocenters. The van der Waals surface area contributed by atoms with Crippen molar-refractivity contribution in [3.05, 3.63) is 33.6 Å². The summed E-state index contributed by atoms with van der Waals surface area (Å²) in [4.78, 5) is 0. The summed E-state index contributed by atoms with van der Waals surface area (Å²) in [5.41, 5.74) is 6.28. The molecule has 1 nitrogen and oxygen atoms in total. The maximum Gasteiger partial charge on any atom is 0.142 e. The van der Waals surface area contributed by atoms with Crippen LogP contribution in [0, 0.1) is 5.82 Å². The SMILES string of the molecule is NC1(c2cc(F)c(Cl)cc2Cl)CCC1. The molecule has 0 spiro atoms. The van der Waals surface area contributed by atoms with Gasteiger partial charge in [0.15, 0.2) is 0 Å². The lowest BCUT2D eigenvalue weighted by atomic mass is 9.73. The van der Waals surface area contributed by atoms with Crippen molar-refractivity contribution in [2.45, 2.75) is 24.8 Å². The van der Waals surface area contributed by atoms with E-state index in [-0.39, 0.29) is 5.02 Å². The molecule has 0 aliphatic heterocycles. The first-order valence-electron chi connectivity index (χ1n) is 4.47. The van der Waals surface area contributed by atoms with E-state index < -0.39 is 11.4 Å². The molecule has 0 atom stereocenters. The highest BCUT2D eigenvalue weighted by Gasteiger charge is 2.36. The highest BCUT2D eigenvalue weighted by Crippen LogP contribution is 2.42. The van der Waals surface area contributed by atoms with Crippen molar-refractivity contribution in [2.75, 3.05) is 0 Å². The summed E-state index contributed by atoms with van der Waals surface area (Å²) in [6.07, 6.45) is 2.78. The van der Waals surface area contributed by atoms with Gasteiger partial charge < -0.3 is 5.73 Å². The molecule has 4 heteroatoms. The van der Waals surface area contributed by atoms with Gasteiger partial charge in [0.25, 0.3) is 0 Å². The Morgan fingerprint density at radius 3 is 2.36 bits per heavy atom. The molecule has 1 aliphatic rings. The van der Waals surface area contributed by atoms with Crippen LogP contribution in [-0.4, -0.2) is 0 Å². The van der Waals surface area contributed by atoms with Gasteiger partial charge in [-0.1, -0.05) is 23.2 Å². The second-order valence-corrected chi connectivity index (χ2v) is 4.57. The molecule has 14 heavy (non-hydrogen) atoms. The van der Waals surface area contributed by atoms with Crippen LogP contribution in [0.1, 0.15) is 24.8 Å². The summed E-state index contributed by atoms with van der Waals surface area (Å²) < 4.78 is 13.2. The first-order chi connectivity index (χ1) is 6.53. The Kier molecular flexibility index (Phi) is 2.46. The highest BCUT2D eigenvalue weighted by molar-refractivity contribution is 6.35. The number of halogens is 3. The van der Waals surface area contributed by atoms with Gasteiger partial charge in [-0.05, 0) is 37.0 Å². The lowest BCUT2D eigenvalue weighted by Crippen LogP contribution is -2.43. The lowest BCUT2D eigenvalue weighted by molar-refractivity contribution is 0.253. The van der Waals surface area contributed by atoms with Crippen LogP contribution in [0.2, 0.25) is 10.0 Å². The Morgan fingerprint density at radius 2 is 1.86 bits per heavy atom. The van der Waals surface area contributed by atoms with Crippen molar-refractivity contribution in [1.82, 2.24) is 0 Å². The van der Waals surface area contributed by atoms with Crippen molar-refractivity contribution in [3.8, 4) is 0 Å². The maximum atomic E-state index is 13.2. The average Bonchev–Trinajstić information content (AvgIpc) is 2.07. The van der Waals surface area contributed by atoms with Gasteiger partial charge in [0.05, 0.1) is 5.02 Å². The van der Waals surface area contributed by atoms with E-state index in [4.69, 9.17) is 28.9 Å². The largest absolute Gasteiger partial charge is 0.321 e. The smallest absolute Gasteiger partial charge is 0.142 e. The topological polar surface area (TPSA) is 26.0 Å². The Morgan fingerprint density at radius 1 is 1.21 bits per heavy atom. The van der Waals surface area contributed by atoms with Crippen molar-refractivity contribution < 1.29 is 4.39 Å². The van der Waals surface area contributed by atoms with E-state index in [1.54, 1.807) is 0 Å². The summed E-state index contributed by atoms with van der Waals surface area (Å²) >= 11 is 11.6. The van der Waals surface area contributed by atoms with Crippen LogP contribution < -0.4 is 5.73 Å². The fraction of sp³-hybridized carbons (Fsp3) is 0.400. The molecule has 1 aliphatic carbocycles. The zero-order valence-corrected chi connectivity index (χ0v) is 9.00. The summed E-state index contributed by atoms with van der Waals surface area (Å²) in [7, 11) is 0. The third kappa shape index (κ3) is 1.52. The fourth-order valence-electron chi connectivity index (χ4n) is 1.73. The van der Waals surface area contributed by atoms with Crippen molar-refractivity contribution in [2.24, 2.45) is 5.73 Å². The molecule has 1 aromatic rings. The van der Waals surface area contributed by atoms with Crippen LogP contribution in [0.25, 0.3) is 0 Å². The first-order valence-corrected chi connectivity index (χ1v) is 5.22. The van der Waals surface area contributed by atoms with E-state index in [0.717, 1.165) is 19.3 Å². The molecule has 1 aromatic carbocycles. The summed E-state index contributed by atoms with van der Waals surface area (Å²) in [6.45, 7) is 0. The molecular weight excluding hydrogens is 224 g/mol. The molecule has 0 heterocycles. The minimum absolute atomic E-state index is 0.0432. The van der Waals surface area contributed by atoms with E-state index in [1.165, 1.54) is 12.1 Å². The van der Waals surface area contributed by atoms with Gasteiger partial charge in [-0.3, -0.25) is 0 Å². The van der Waals surface area contributed by atoms with E-state index in [1.807, 2.05) is 0 Å². The quantitative estimate of drug-likeness (QED) is 0.739. The molecule has 0 aromatic heterocycles. The van der Waals surface area contributed by atoms with E-state index in [2.05, 4.69) is 0 Å². The predicted octanol–water partition coefficient (Wildman–Crippen LogP) is 3.47.